The first-order valence-electron chi connectivity index (χ1n) is 14.5. The number of aromatic nitrogens is 4. The van der Waals surface area contributed by atoms with Crippen molar-refractivity contribution in [3.05, 3.63) is 76.4 Å². The summed E-state index contributed by atoms with van der Waals surface area (Å²) in [4.78, 5) is 12.5. The molecule has 1 N–H and O–H groups in total. The maximum Gasteiger partial charge on any atom is 0.180 e. The Bertz CT molecular complexity index is 1640. The van der Waals surface area contributed by atoms with Crippen molar-refractivity contribution in [1.82, 2.24) is 25.1 Å². The Morgan fingerprint density at radius 3 is 2.46 bits per heavy atom. The fourth-order valence-corrected chi connectivity index (χ4v) is 7.00. The van der Waals surface area contributed by atoms with Gasteiger partial charge in [-0.05, 0) is 102 Å². The highest BCUT2D eigenvalue weighted by molar-refractivity contribution is 7.92. The van der Waals surface area contributed by atoms with Crippen molar-refractivity contribution in [1.29, 1.82) is 0 Å². The summed E-state index contributed by atoms with van der Waals surface area (Å²) >= 11 is 0. The van der Waals surface area contributed by atoms with Gasteiger partial charge in [0.05, 0.1) is 33.5 Å². The van der Waals surface area contributed by atoms with Crippen LogP contribution in [-0.4, -0.2) is 65.0 Å². The van der Waals surface area contributed by atoms with E-state index in [1.807, 2.05) is 26.0 Å². The molecule has 0 saturated carbocycles. The van der Waals surface area contributed by atoms with Crippen molar-refractivity contribution in [2.24, 2.45) is 0 Å². The van der Waals surface area contributed by atoms with Crippen LogP contribution in [0.1, 0.15) is 80.2 Å². The van der Waals surface area contributed by atoms with Crippen LogP contribution in [0.25, 0.3) is 11.0 Å². The molecule has 8 nitrogen and oxygen atoms in total. The van der Waals surface area contributed by atoms with Gasteiger partial charge in [0.15, 0.2) is 15.5 Å². The van der Waals surface area contributed by atoms with E-state index in [1.54, 1.807) is 32.2 Å². The van der Waals surface area contributed by atoms with Crippen LogP contribution in [0.15, 0.2) is 47.5 Å². The van der Waals surface area contributed by atoms with E-state index in [9.17, 15) is 8.42 Å². The first-order chi connectivity index (χ1) is 19.5. The Morgan fingerprint density at radius 1 is 1.02 bits per heavy atom. The lowest BCUT2D eigenvalue weighted by atomic mass is 9.85. The number of rotatable bonds is 9. The van der Waals surface area contributed by atoms with Gasteiger partial charge in [0, 0.05) is 18.4 Å². The normalized spacial score (nSPS) is 15.3. The first kappa shape index (κ1) is 29.2. The van der Waals surface area contributed by atoms with Crippen LogP contribution in [0.5, 0.6) is 5.75 Å². The Balaban J connectivity index is 1.52. The molecule has 0 unspecified atom stereocenters. The minimum absolute atomic E-state index is 0.0350. The number of benzene rings is 2. The van der Waals surface area contributed by atoms with Gasteiger partial charge in [0.1, 0.15) is 11.6 Å². The van der Waals surface area contributed by atoms with Gasteiger partial charge < -0.3 is 9.64 Å². The van der Waals surface area contributed by atoms with Gasteiger partial charge in [-0.2, -0.15) is 5.10 Å². The largest absolute Gasteiger partial charge is 0.491 e. The van der Waals surface area contributed by atoms with Crippen LogP contribution in [0.4, 0.5) is 0 Å². The van der Waals surface area contributed by atoms with Crippen LogP contribution < -0.4 is 4.74 Å². The number of fused-ring (bicyclic) bond motifs is 1. The number of nitrogens with zero attached hydrogens (tertiary/aromatic N) is 4. The maximum absolute atomic E-state index is 13.1. The fourth-order valence-electron chi connectivity index (χ4n) is 5.72. The van der Waals surface area contributed by atoms with E-state index in [-0.39, 0.29) is 6.10 Å². The smallest absolute Gasteiger partial charge is 0.180 e. The van der Waals surface area contributed by atoms with Gasteiger partial charge in [0.25, 0.3) is 0 Å². The average molecular weight is 576 g/mol. The molecule has 0 bridgehead atoms. The zero-order valence-corrected chi connectivity index (χ0v) is 25.8. The molecule has 0 aliphatic carbocycles. The number of H-pyrrole nitrogens is 1. The molecule has 1 aliphatic rings. The number of hydrogen-bond acceptors (Lipinski definition) is 7. The van der Waals surface area contributed by atoms with Crippen molar-refractivity contribution >= 4 is 20.9 Å². The summed E-state index contributed by atoms with van der Waals surface area (Å²) in [7, 11) is -1.26. The Morgan fingerprint density at radius 2 is 1.76 bits per heavy atom. The van der Waals surface area contributed by atoms with E-state index in [0.717, 1.165) is 53.9 Å². The summed E-state index contributed by atoms with van der Waals surface area (Å²) in [6, 6.07) is 11.7. The van der Waals surface area contributed by atoms with Gasteiger partial charge in [-0.1, -0.05) is 24.3 Å². The van der Waals surface area contributed by atoms with Gasteiger partial charge in [0.2, 0.25) is 0 Å². The molecule has 9 heteroatoms. The molecule has 2 aromatic heterocycles. The highest BCUT2D eigenvalue weighted by Gasteiger charge is 2.25. The molecule has 1 aliphatic heterocycles. The number of hydrogen-bond donors (Lipinski definition) is 1. The lowest BCUT2D eigenvalue weighted by molar-refractivity contribution is 0.237. The highest BCUT2D eigenvalue weighted by Crippen LogP contribution is 2.35. The minimum atomic E-state index is -3.45. The van der Waals surface area contributed by atoms with E-state index < -0.39 is 15.1 Å². The van der Waals surface area contributed by atoms with Crippen LogP contribution in [-0.2, 0) is 22.7 Å². The van der Waals surface area contributed by atoms with E-state index in [0.29, 0.717) is 35.1 Å². The van der Waals surface area contributed by atoms with E-state index in [4.69, 9.17) is 14.7 Å². The van der Waals surface area contributed by atoms with Crippen LogP contribution in [0, 0.1) is 6.92 Å². The zero-order chi connectivity index (χ0) is 29.3. The van der Waals surface area contributed by atoms with E-state index in [2.05, 4.69) is 41.2 Å². The third-order valence-electron chi connectivity index (χ3n) is 8.01. The molecule has 4 aromatic rings. The standard InChI is InChI=1S/C32H41N5O3S/c1-20(2)40-29-18-26(23-11-13-37(6)14-12-23)22(5)15-25(29)17-31-34-28(27-19-33-36-32(27)35-31)16-24-9-7-8-10-30(24)41(38,39)21(3)4/h7-10,15,18-21,23H,11-14,16-17H2,1-6H3,(H,33,34,35,36). The van der Waals surface area contributed by atoms with Crippen molar-refractivity contribution in [2.45, 2.75) is 82.5 Å². The van der Waals surface area contributed by atoms with Gasteiger partial charge >= 0.3 is 0 Å². The molecular formula is C32H41N5O3S. The molecule has 0 radical (unpaired) electrons. The molecule has 0 spiro atoms. The summed E-state index contributed by atoms with van der Waals surface area (Å²) in [5.41, 5.74) is 5.78. The quantitative estimate of drug-likeness (QED) is 0.276. The summed E-state index contributed by atoms with van der Waals surface area (Å²) in [5, 5.41) is 7.49. The van der Waals surface area contributed by atoms with E-state index in [1.165, 1.54) is 11.1 Å². The number of sulfone groups is 1. The number of aromatic amines is 1. The summed E-state index contributed by atoms with van der Waals surface area (Å²) < 4.78 is 32.6. The molecular weight excluding hydrogens is 534 g/mol. The second-order valence-corrected chi connectivity index (χ2v) is 14.3. The molecule has 41 heavy (non-hydrogen) atoms. The number of nitrogens with one attached hydrogen (secondary N) is 1. The SMILES string of the molecule is Cc1cc(Cc2nc(Cc3ccccc3S(=O)(=O)C(C)C)c3cn[nH]c3n2)c(OC(C)C)cc1C1CCN(C)CC1. The molecule has 1 fully saturated rings. The summed E-state index contributed by atoms with van der Waals surface area (Å²) in [6.45, 7) is 11.9. The van der Waals surface area contributed by atoms with Gasteiger partial charge in [-0.15, -0.1) is 0 Å². The summed E-state index contributed by atoms with van der Waals surface area (Å²) in [6.07, 6.45) is 4.89. The molecule has 2 aromatic carbocycles. The second-order valence-electron chi connectivity index (χ2n) is 11.8. The lowest BCUT2D eigenvalue weighted by Crippen LogP contribution is -2.29. The second kappa shape index (κ2) is 11.9. The number of piperidine rings is 1. The molecule has 3 heterocycles. The monoisotopic (exact) mass is 575 g/mol. The molecule has 0 amide bonds. The average Bonchev–Trinajstić information content (AvgIpc) is 3.40. The Kier molecular flexibility index (Phi) is 8.47. The van der Waals surface area contributed by atoms with Crippen molar-refractivity contribution < 1.29 is 13.2 Å². The maximum atomic E-state index is 13.1. The molecule has 5 rings (SSSR count). The predicted molar refractivity (Wildman–Crippen MR) is 162 cm³/mol. The van der Waals surface area contributed by atoms with Crippen LogP contribution in [0.2, 0.25) is 0 Å². The van der Waals surface area contributed by atoms with Crippen molar-refractivity contribution in [3.63, 3.8) is 0 Å². The number of ether oxygens (including phenoxy) is 1. The van der Waals surface area contributed by atoms with Crippen LogP contribution in [0.3, 0.4) is 0 Å². The fraction of sp³-hybridized carbons (Fsp3) is 0.469. The zero-order valence-electron chi connectivity index (χ0n) is 24.9. The Hall–Kier alpha value is -3.30. The van der Waals surface area contributed by atoms with Gasteiger partial charge in [-0.25, -0.2) is 18.4 Å². The van der Waals surface area contributed by atoms with Gasteiger partial charge in [-0.3, -0.25) is 5.10 Å². The lowest BCUT2D eigenvalue weighted by Gasteiger charge is -2.30. The summed E-state index contributed by atoms with van der Waals surface area (Å²) in [5.74, 6) is 2.05. The topological polar surface area (TPSA) is 101 Å². The number of likely N-dealkylation sites (tertiary alicyclic amines) is 1. The van der Waals surface area contributed by atoms with Crippen molar-refractivity contribution in [3.8, 4) is 5.75 Å². The minimum Gasteiger partial charge on any atom is -0.491 e. The molecule has 218 valence electrons. The first-order valence-corrected chi connectivity index (χ1v) is 16.1. The van der Waals surface area contributed by atoms with Crippen LogP contribution >= 0.6 is 0 Å². The molecule has 0 atom stereocenters. The predicted octanol–water partition coefficient (Wildman–Crippen LogP) is 5.62. The Labute approximate surface area is 243 Å². The molecule has 1 saturated heterocycles. The highest BCUT2D eigenvalue weighted by atomic mass is 32.2. The third-order valence-corrected chi connectivity index (χ3v) is 10.3. The number of aryl methyl sites for hydroxylation is 1. The third kappa shape index (κ3) is 6.31. The van der Waals surface area contributed by atoms with E-state index >= 15 is 0 Å². The van der Waals surface area contributed by atoms with Crippen molar-refractivity contribution in [2.75, 3.05) is 20.1 Å².